The second-order valence-electron chi connectivity index (χ2n) is 8.07. The first-order valence-corrected chi connectivity index (χ1v) is 9.43. The molecule has 4 rings (SSSR count). The van der Waals surface area contributed by atoms with Crippen molar-refractivity contribution in [3.05, 3.63) is 41.7 Å². The quantitative estimate of drug-likeness (QED) is 0.568. The van der Waals surface area contributed by atoms with Crippen LogP contribution in [0.2, 0.25) is 0 Å². The molecule has 3 heterocycles. The van der Waals surface area contributed by atoms with Crippen LogP contribution in [0.15, 0.2) is 36.1 Å². The van der Waals surface area contributed by atoms with Gasteiger partial charge in [0.05, 0.1) is 13.7 Å². The molecule has 1 aromatic carbocycles. The molecule has 3 fully saturated rings. The monoisotopic (exact) mass is 390 g/mol. The second kappa shape index (κ2) is 6.84. The predicted octanol–water partition coefficient (Wildman–Crippen LogP) is 2.64. The van der Waals surface area contributed by atoms with Crippen molar-refractivity contribution in [3.8, 4) is 0 Å². The average molecular weight is 390 g/mol. The summed E-state index contributed by atoms with van der Waals surface area (Å²) < 4.78 is 35.5. The Morgan fingerprint density at radius 2 is 1.68 bits per heavy atom. The van der Waals surface area contributed by atoms with E-state index in [4.69, 9.17) is 28.4 Å². The largest absolute Gasteiger partial charge is 0.486 e. The summed E-state index contributed by atoms with van der Waals surface area (Å²) in [5.41, 5.74) is 1.01. The lowest BCUT2D eigenvalue weighted by Crippen LogP contribution is -2.60. The molecule has 0 N–H and O–H groups in total. The summed E-state index contributed by atoms with van der Waals surface area (Å²) in [5, 5.41) is 0. The first-order valence-electron chi connectivity index (χ1n) is 9.43. The molecule has 0 spiro atoms. The first kappa shape index (κ1) is 19.4. The van der Waals surface area contributed by atoms with E-state index in [1.807, 2.05) is 58.0 Å². The molecule has 3 aliphatic rings. The van der Waals surface area contributed by atoms with E-state index in [1.54, 1.807) is 0 Å². The summed E-state index contributed by atoms with van der Waals surface area (Å²) in [6.45, 7) is 7.70. The SMILES string of the molecule is COC(=O)/C(=C1\O[C@@H]2COC(C)(C)O[C@H]2[C@@H]2OC(C)(C)O[C@H]12)c1ccccc1. The molecule has 0 radical (unpaired) electrons. The van der Waals surface area contributed by atoms with Gasteiger partial charge >= 0.3 is 5.97 Å². The Kier molecular flexibility index (Phi) is 4.74. The maximum absolute atomic E-state index is 12.7. The van der Waals surface area contributed by atoms with Crippen LogP contribution in [0.4, 0.5) is 0 Å². The molecule has 3 saturated heterocycles. The maximum atomic E-state index is 12.7. The lowest BCUT2D eigenvalue weighted by Gasteiger charge is -2.47. The van der Waals surface area contributed by atoms with E-state index in [0.717, 1.165) is 0 Å². The first-order chi connectivity index (χ1) is 13.2. The Morgan fingerprint density at radius 1 is 1.00 bits per heavy atom. The van der Waals surface area contributed by atoms with Crippen LogP contribution in [0, 0.1) is 0 Å². The smallest absolute Gasteiger partial charge is 0.342 e. The number of hydrogen-bond acceptors (Lipinski definition) is 7. The van der Waals surface area contributed by atoms with Gasteiger partial charge in [0, 0.05) is 0 Å². The lowest BCUT2D eigenvalue weighted by atomic mass is 9.92. The molecule has 0 unspecified atom stereocenters. The fourth-order valence-electron chi connectivity index (χ4n) is 3.93. The molecule has 7 heteroatoms. The molecule has 4 atom stereocenters. The third-order valence-corrected chi connectivity index (χ3v) is 5.07. The van der Waals surface area contributed by atoms with Crippen LogP contribution in [-0.2, 0) is 33.2 Å². The predicted molar refractivity (Wildman–Crippen MR) is 99.0 cm³/mol. The highest BCUT2D eigenvalue weighted by atomic mass is 16.8. The number of esters is 1. The van der Waals surface area contributed by atoms with E-state index < -0.39 is 35.9 Å². The fourth-order valence-corrected chi connectivity index (χ4v) is 3.93. The third-order valence-electron chi connectivity index (χ3n) is 5.07. The number of carbonyl (C=O) groups excluding carboxylic acids is 1. The number of benzene rings is 1. The van der Waals surface area contributed by atoms with Gasteiger partial charge in [0.2, 0.25) is 0 Å². The highest BCUT2D eigenvalue weighted by Crippen LogP contribution is 2.45. The summed E-state index contributed by atoms with van der Waals surface area (Å²) in [5.74, 6) is -1.70. The van der Waals surface area contributed by atoms with Crippen LogP contribution >= 0.6 is 0 Å². The molecule has 3 aliphatic heterocycles. The molecule has 0 aromatic heterocycles. The maximum Gasteiger partial charge on any atom is 0.342 e. The summed E-state index contributed by atoms with van der Waals surface area (Å²) in [7, 11) is 1.35. The van der Waals surface area contributed by atoms with Gasteiger partial charge in [-0.25, -0.2) is 4.79 Å². The highest BCUT2D eigenvalue weighted by molar-refractivity contribution is 6.17. The van der Waals surface area contributed by atoms with Gasteiger partial charge in [0.25, 0.3) is 0 Å². The van der Waals surface area contributed by atoms with Crippen molar-refractivity contribution < 1.29 is 33.2 Å². The Bertz CT molecular complexity index is 783. The zero-order chi connectivity index (χ0) is 20.1. The molecular weight excluding hydrogens is 364 g/mol. The topological polar surface area (TPSA) is 72.5 Å². The molecule has 0 amide bonds. The van der Waals surface area contributed by atoms with E-state index in [2.05, 4.69) is 0 Å². The molecule has 0 aliphatic carbocycles. The van der Waals surface area contributed by atoms with E-state index in [-0.39, 0.29) is 6.10 Å². The van der Waals surface area contributed by atoms with Crippen molar-refractivity contribution in [1.82, 2.24) is 0 Å². The van der Waals surface area contributed by atoms with E-state index in [1.165, 1.54) is 7.11 Å². The van der Waals surface area contributed by atoms with E-state index in [9.17, 15) is 4.79 Å². The number of methoxy groups -OCH3 is 1. The number of ether oxygens (including phenoxy) is 6. The van der Waals surface area contributed by atoms with E-state index in [0.29, 0.717) is 23.5 Å². The van der Waals surface area contributed by atoms with Crippen LogP contribution in [0.25, 0.3) is 5.57 Å². The van der Waals surface area contributed by atoms with Gasteiger partial charge < -0.3 is 28.4 Å². The summed E-state index contributed by atoms with van der Waals surface area (Å²) >= 11 is 0. The van der Waals surface area contributed by atoms with Crippen LogP contribution < -0.4 is 0 Å². The van der Waals surface area contributed by atoms with Crippen molar-refractivity contribution in [1.29, 1.82) is 0 Å². The zero-order valence-electron chi connectivity index (χ0n) is 16.8. The molecule has 7 nitrogen and oxygen atoms in total. The molecule has 152 valence electrons. The summed E-state index contributed by atoms with van der Waals surface area (Å²) in [6.07, 6.45) is -1.84. The number of rotatable bonds is 2. The number of carbonyl (C=O) groups is 1. The molecule has 0 bridgehead atoms. The lowest BCUT2D eigenvalue weighted by molar-refractivity contribution is -0.331. The van der Waals surface area contributed by atoms with Crippen molar-refractivity contribution >= 4 is 11.5 Å². The normalized spacial score (nSPS) is 34.6. The van der Waals surface area contributed by atoms with Crippen LogP contribution in [0.5, 0.6) is 0 Å². The van der Waals surface area contributed by atoms with Crippen LogP contribution in [-0.4, -0.2) is 55.7 Å². The molecular formula is C21H26O7. The van der Waals surface area contributed by atoms with Gasteiger partial charge in [0.1, 0.15) is 29.6 Å². The second-order valence-corrected chi connectivity index (χ2v) is 8.07. The summed E-state index contributed by atoms with van der Waals surface area (Å²) in [4.78, 5) is 12.7. The Labute approximate surface area is 164 Å². The minimum atomic E-state index is -0.845. The minimum absolute atomic E-state index is 0.317. The van der Waals surface area contributed by atoms with Gasteiger partial charge in [0.15, 0.2) is 17.7 Å². The molecule has 28 heavy (non-hydrogen) atoms. The van der Waals surface area contributed by atoms with Gasteiger partial charge in [-0.3, -0.25) is 0 Å². The van der Waals surface area contributed by atoms with E-state index >= 15 is 0 Å². The van der Waals surface area contributed by atoms with Crippen LogP contribution in [0.3, 0.4) is 0 Å². The Hall–Kier alpha value is -1.93. The van der Waals surface area contributed by atoms with Gasteiger partial charge in [-0.15, -0.1) is 0 Å². The van der Waals surface area contributed by atoms with Crippen molar-refractivity contribution in [2.75, 3.05) is 13.7 Å². The number of fused-ring (bicyclic) bond motifs is 3. The summed E-state index contributed by atoms with van der Waals surface area (Å²) in [6, 6.07) is 9.26. The highest BCUT2D eigenvalue weighted by Gasteiger charge is 2.58. The minimum Gasteiger partial charge on any atom is -0.486 e. The Balaban J connectivity index is 1.82. The van der Waals surface area contributed by atoms with Gasteiger partial charge in [-0.05, 0) is 33.3 Å². The average Bonchev–Trinajstić information content (AvgIpc) is 2.98. The van der Waals surface area contributed by atoms with Crippen molar-refractivity contribution in [3.63, 3.8) is 0 Å². The molecule has 1 aromatic rings. The Morgan fingerprint density at radius 3 is 2.36 bits per heavy atom. The fraction of sp³-hybridized carbons (Fsp3) is 0.571. The zero-order valence-corrected chi connectivity index (χ0v) is 16.8. The number of hydrogen-bond donors (Lipinski definition) is 0. The van der Waals surface area contributed by atoms with Crippen molar-refractivity contribution in [2.45, 2.75) is 63.7 Å². The standard InChI is InChI=1S/C21H26O7/c1-20(2)24-11-13-15(26-20)17-18(28-21(3,4)27-17)16(25-13)14(19(22)23-5)12-9-7-6-8-10-12/h6-10,13,15,17-18H,11H2,1-5H3/b16-14-/t13-,15-,17+,18-/m1/s1. The molecule has 0 saturated carbocycles. The third kappa shape index (κ3) is 3.43. The van der Waals surface area contributed by atoms with Gasteiger partial charge in [-0.1, -0.05) is 30.3 Å². The van der Waals surface area contributed by atoms with Crippen LogP contribution in [0.1, 0.15) is 33.3 Å². The van der Waals surface area contributed by atoms with Gasteiger partial charge in [-0.2, -0.15) is 0 Å². The van der Waals surface area contributed by atoms with Crippen molar-refractivity contribution in [2.24, 2.45) is 0 Å².